The van der Waals surface area contributed by atoms with E-state index >= 15 is 0 Å². The molecule has 10 nitrogen and oxygen atoms in total. The SMILES string of the molecule is COc1ccc([N+](=O)[O-])cc1-c1ccc(/C=C(\C#N)c2nn(-c3ccccc3)c(N)c2C#N)o1. The van der Waals surface area contributed by atoms with Gasteiger partial charge in [-0.1, -0.05) is 18.2 Å². The first-order valence-electron chi connectivity index (χ1n) is 9.85. The Kier molecular flexibility index (Phi) is 5.80. The second kappa shape index (κ2) is 9.02. The van der Waals surface area contributed by atoms with E-state index in [0.717, 1.165) is 0 Å². The summed E-state index contributed by atoms with van der Waals surface area (Å²) in [4.78, 5) is 10.6. The van der Waals surface area contributed by atoms with Crippen molar-refractivity contribution in [1.29, 1.82) is 10.5 Å². The molecule has 10 heteroatoms. The number of nitro benzene ring substituents is 1. The number of nitro groups is 1. The van der Waals surface area contributed by atoms with E-state index in [-0.39, 0.29) is 34.1 Å². The molecule has 2 aromatic heterocycles. The minimum absolute atomic E-state index is 0.0591. The zero-order valence-electron chi connectivity index (χ0n) is 17.8. The summed E-state index contributed by atoms with van der Waals surface area (Å²) < 4.78 is 12.5. The number of nitrogen functional groups attached to an aromatic ring is 1. The highest BCUT2D eigenvalue weighted by Crippen LogP contribution is 2.35. The highest BCUT2D eigenvalue weighted by molar-refractivity contribution is 5.91. The fraction of sp³-hybridized carbons (Fsp3) is 0.0417. The Hall–Kier alpha value is -5.35. The molecular formula is C24H16N6O4. The number of methoxy groups -OCH3 is 1. The molecule has 0 aliphatic carbocycles. The van der Waals surface area contributed by atoms with Crippen molar-refractivity contribution in [3.63, 3.8) is 0 Å². The number of hydrogen-bond donors (Lipinski definition) is 1. The van der Waals surface area contributed by atoms with Gasteiger partial charge in [-0.2, -0.15) is 15.6 Å². The summed E-state index contributed by atoms with van der Waals surface area (Å²) in [6, 6.07) is 20.4. The van der Waals surface area contributed by atoms with Crippen molar-refractivity contribution in [1.82, 2.24) is 9.78 Å². The molecule has 0 saturated carbocycles. The van der Waals surface area contributed by atoms with Gasteiger partial charge in [0.25, 0.3) is 5.69 Å². The van der Waals surface area contributed by atoms with Crippen LogP contribution in [-0.4, -0.2) is 21.8 Å². The predicted molar refractivity (Wildman–Crippen MR) is 124 cm³/mol. The molecule has 0 atom stereocenters. The third-order valence-corrected chi connectivity index (χ3v) is 4.98. The minimum Gasteiger partial charge on any atom is -0.496 e. The van der Waals surface area contributed by atoms with Gasteiger partial charge < -0.3 is 14.9 Å². The summed E-state index contributed by atoms with van der Waals surface area (Å²) in [5, 5.41) is 35.0. The second-order valence-electron chi connectivity index (χ2n) is 6.98. The second-order valence-corrected chi connectivity index (χ2v) is 6.98. The van der Waals surface area contributed by atoms with Gasteiger partial charge in [-0.15, -0.1) is 0 Å². The van der Waals surface area contributed by atoms with Crippen LogP contribution in [0.1, 0.15) is 17.0 Å². The Morgan fingerprint density at radius 1 is 1.21 bits per heavy atom. The Morgan fingerprint density at radius 3 is 2.62 bits per heavy atom. The maximum absolute atomic E-state index is 11.2. The van der Waals surface area contributed by atoms with Crippen LogP contribution in [0.3, 0.4) is 0 Å². The normalized spacial score (nSPS) is 11.0. The average Bonchev–Trinajstić information content (AvgIpc) is 3.46. The number of aromatic nitrogens is 2. The van der Waals surface area contributed by atoms with Gasteiger partial charge in [-0.05, 0) is 30.3 Å². The number of furan rings is 1. The van der Waals surface area contributed by atoms with Crippen LogP contribution in [0.15, 0.2) is 65.1 Å². The highest BCUT2D eigenvalue weighted by atomic mass is 16.6. The van der Waals surface area contributed by atoms with Crippen molar-refractivity contribution in [2.24, 2.45) is 0 Å². The molecule has 0 aliphatic heterocycles. The Morgan fingerprint density at radius 2 is 1.97 bits per heavy atom. The number of nitrogens with zero attached hydrogens (tertiary/aromatic N) is 5. The third-order valence-electron chi connectivity index (χ3n) is 4.98. The summed E-state index contributed by atoms with van der Waals surface area (Å²) in [5.74, 6) is 1.07. The number of nitrogens with two attached hydrogens (primary N) is 1. The highest BCUT2D eigenvalue weighted by Gasteiger charge is 2.21. The lowest BCUT2D eigenvalue weighted by Crippen LogP contribution is -2.02. The van der Waals surface area contributed by atoms with Crippen molar-refractivity contribution < 1.29 is 14.1 Å². The number of anilines is 1. The molecule has 2 N–H and O–H groups in total. The molecule has 0 saturated heterocycles. The number of allylic oxidation sites excluding steroid dienone is 1. The maximum Gasteiger partial charge on any atom is 0.270 e. The van der Waals surface area contributed by atoms with Gasteiger partial charge in [0, 0.05) is 18.2 Å². The molecule has 4 rings (SSSR count). The molecule has 34 heavy (non-hydrogen) atoms. The molecule has 4 aromatic rings. The van der Waals surface area contributed by atoms with Crippen molar-refractivity contribution in [3.8, 4) is 34.9 Å². The molecule has 2 heterocycles. The average molecular weight is 452 g/mol. The van der Waals surface area contributed by atoms with E-state index in [2.05, 4.69) is 5.10 Å². The van der Waals surface area contributed by atoms with E-state index in [4.69, 9.17) is 14.9 Å². The van der Waals surface area contributed by atoms with Gasteiger partial charge in [-0.3, -0.25) is 10.1 Å². The Labute approximate surface area is 193 Å². The predicted octanol–water partition coefficient (Wildman–Crippen LogP) is 4.57. The number of hydrogen-bond acceptors (Lipinski definition) is 8. The lowest BCUT2D eigenvalue weighted by Gasteiger charge is -2.05. The fourth-order valence-electron chi connectivity index (χ4n) is 3.37. The molecule has 0 spiro atoms. The topological polar surface area (TPSA) is 157 Å². The van der Waals surface area contributed by atoms with Gasteiger partial charge in [0.15, 0.2) is 0 Å². The minimum atomic E-state index is -0.517. The third kappa shape index (κ3) is 3.95. The van der Waals surface area contributed by atoms with E-state index in [1.54, 1.807) is 36.4 Å². The molecule has 0 bridgehead atoms. The smallest absolute Gasteiger partial charge is 0.270 e. The van der Waals surface area contributed by atoms with E-state index in [1.165, 1.54) is 36.1 Å². The Bertz CT molecular complexity index is 1500. The number of nitriles is 2. The van der Waals surface area contributed by atoms with Gasteiger partial charge in [-0.25, -0.2) is 4.68 Å². The molecule has 166 valence electrons. The lowest BCUT2D eigenvalue weighted by molar-refractivity contribution is -0.384. The van der Waals surface area contributed by atoms with Gasteiger partial charge in [0.2, 0.25) is 0 Å². The van der Waals surface area contributed by atoms with Crippen LogP contribution in [-0.2, 0) is 0 Å². The molecular weight excluding hydrogens is 436 g/mol. The summed E-state index contributed by atoms with van der Waals surface area (Å²) in [6.45, 7) is 0. The van der Waals surface area contributed by atoms with Gasteiger partial charge >= 0.3 is 0 Å². The van der Waals surface area contributed by atoms with Crippen LogP contribution in [0.2, 0.25) is 0 Å². The van der Waals surface area contributed by atoms with E-state index in [1.807, 2.05) is 18.2 Å². The van der Waals surface area contributed by atoms with E-state index in [0.29, 0.717) is 22.8 Å². The van der Waals surface area contributed by atoms with Crippen LogP contribution < -0.4 is 10.5 Å². The summed E-state index contributed by atoms with van der Waals surface area (Å²) in [6.07, 6.45) is 1.42. The quantitative estimate of drug-likeness (QED) is 0.253. The monoisotopic (exact) mass is 452 g/mol. The number of ether oxygens (including phenoxy) is 1. The molecule has 0 unspecified atom stereocenters. The van der Waals surface area contributed by atoms with Crippen LogP contribution in [0, 0.1) is 32.8 Å². The number of benzene rings is 2. The Balaban J connectivity index is 1.77. The van der Waals surface area contributed by atoms with Crippen LogP contribution in [0.5, 0.6) is 5.75 Å². The first kappa shape index (κ1) is 21.9. The van der Waals surface area contributed by atoms with Crippen LogP contribution in [0.4, 0.5) is 11.5 Å². The number of rotatable bonds is 6. The summed E-state index contributed by atoms with van der Waals surface area (Å²) in [7, 11) is 1.44. The zero-order valence-corrected chi connectivity index (χ0v) is 17.8. The van der Waals surface area contributed by atoms with Crippen molar-refractivity contribution in [2.45, 2.75) is 0 Å². The van der Waals surface area contributed by atoms with Gasteiger partial charge in [0.1, 0.15) is 46.5 Å². The lowest BCUT2D eigenvalue weighted by atomic mass is 10.1. The summed E-state index contributed by atoms with van der Waals surface area (Å²) in [5.41, 5.74) is 7.25. The first-order valence-corrected chi connectivity index (χ1v) is 9.85. The maximum atomic E-state index is 11.2. The fourth-order valence-corrected chi connectivity index (χ4v) is 3.37. The molecule has 0 radical (unpaired) electrons. The van der Waals surface area contributed by atoms with Crippen LogP contribution in [0.25, 0.3) is 28.7 Å². The first-order chi connectivity index (χ1) is 16.5. The van der Waals surface area contributed by atoms with Crippen LogP contribution >= 0.6 is 0 Å². The molecule has 0 aliphatic rings. The zero-order chi connectivity index (χ0) is 24.2. The molecule has 2 aromatic carbocycles. The van der Waals surface area contributed by atoms with Crippen molar-refractivity contribution in [3.05, 3.63) is 87.8 Å². The van der Waals surface area contributed by atoms with Crippen molar-refractivity contribution in [2.75, 3.05) is 12.8 Å². The van der Waals surface area contributed by atoms with E-state index in [9.17, 15) is 20.6 Å². The largest absolute Gasteiger partial charge is 0.496 e. The van der Waals surface area contributed by atoms with Gasteiger partial charge in [0.05, 0.1) is 28.9 Å². The molecule has 0 fully saturated rings. The molecule has 0 amide bonds. The summed E-state index contributed by atoms with van der Waals surface area (Å²) >= 11 is 0. The standard InChI is InChI=1S/C24H16N6O4/c1-33-21-9-7-17(30(31)32)12-19(21)22-10-8-18(34-22)11-15(13-25)23-20(14-26)24(27)29(28-23)16-5-3-2-4-6-16/h2-12H,27H2,1H3/b15-11+. The van der Waals surface area contributed by atoms with E-state index < -0.39 is 4.92 Å². The van der Waals surface area contributed by atoms with Crippen molar-refractivity contribution >= 4 is 23.2 Å². The number of para-hydroxylation sites is 1. The number of non-ortho nitro benzene ring substituents is 1.